The smallest absolute Gasteiger partial charge is 0.248 e. The highest BCUT2D eigenvalue weighted by molar-refractivity contribution is 5.99. The van der Waals surface area contributed by atoms with E-state index in [9.17, 15) is 0 Å². The molecule has 155 valence electrons. The molecular formula is C31H21OSi. The minimum Gasteiger partial charge on any atom is -0.402 e. The van der Waals surface area contributed by atoms with Gasteiger partial charge in [-0.1, -0.05) is 109 Å². The van der Waals surface area contributed by atoms with Gasteiger partial charge >= 0.3 is 0 Å². The average Bonchev–Trinajstić information content (AvgIpc) is 2.89. The summed E-state index contributed by atoms with van der Waals surface area (Å²) in [7, 11) is 3.54. The minimum absolute atomic E-state index is 0.824. The molecule has 1 nitrogen and oxygen atoms in total. The Hall–Kier alpha value is -3.72. The van der Waals surface area contributed by atoms with Crippen molar-refractivity contribution >= 4 is 42.8 Å². The molecule has 0 atom stereocenters. The molecule has 3 radical (unpaired) electrons. The van der Waals surface area contributed by atoms with Crippen molar-refractivity contribution in [2.75, 3.05) is 0 Å². The molecule has 0 aliphatic heterocycles. The molecule has 0 aliphatic carbocycles. The Bertz CT molecular complexity index is 1430. The largest absolute Gasteiger partial charge is 0.402 e. The molecule has 6 aromatic rings. The molecular weight excluding hydrogens is 416 g/mol. The first-order chi connectivity index (χ1) is 16.3. The Morgan fingerprint density at radius 1 is 0.394 bits per heavy atom. The molecule has 0 aromatic heterocycles. The Morgan fingerprint density at radius 2 is 0.697 bits per heavy atom. The van der Waals surface area contributed by atoms with Gasteiger partial charge in [0.25, 0.3) is 0 Å². The lowest BCUT2D eigenvalue weighted by Crippen LogP contribution is -2.32. The lowest BCUT2D eigenvalue weighted by molar-refractivity contribution is 0.174. The molecule has 0 aliphatic rings. The quantitative estimate of drug-likeness (QED) is 0.204. The highest BCUT2D eigenvalue weighted by Gasteiger charge is 2.36. The summed E-state index contributed by atoms with van der Waals surface area (Å²) in [6.07, 6.45) is 0. The van der Waals surface area contributed by atoms with Crippen molar-refractivity contribution < 1.29 is 4.43 Å². The van der Waals surface area contributed by atoms with Crippen LogP contribution in [0.4, 0.5) is 0 Å². The van der Waals surface area contributed by atoms with Crippen LogP contribution in [0.15, 0.2) is 127 Å². The van der Waals surface area contributed by atoms with Gasteiger partial charge in [0.1, 0.15) is 5.60 Å². The van der Waals surface area contributed by atoms with Gasteiger partial charge < -0.3 is 4.43 Å². The Balaban J connectivity index is 1.68. The zero-order valence-electron chi connectivity index (χ0n) is 18.0. The second-order valence-corrected chi connectivity index (χ2v) is 8.67. The van der Waals surface area contributed by atoms with E-state index in [4.69, 9.17) is 4.43 Å². The molecule has 0 saturated carbocycles. The van der Waals surface area contributed by atoms with Crippen LogP contribution >= 0.6 is 0 Å². The third kappa shape index (κ3) is 3.27. The van der Waals surface area contributed by atoms with Crippen LogP contribution in [0.5, 0.6) is 0 Å². The van der Waals surface area contributed by atoms with Gasteiger partial charge in [-0.2, -0.15) is 0 Å². The van der Waals surface area contributed by atoms with Gasteiger partial charge in [-0.25, -0.2) is 0 Å². The monoisotopic (exact) mass is 437 g/mol. The van der Waals surface area contributed by atoms with Crippen LogP contribution in [-0.2, 0) is 10.0 Å². The lowest BCUT2D eigenvalue weighted by Gasteiger charge is -2.35. The zero-order valence-corrected chi connectivity index (χ0v) is 19.0. The molecule has 33 heavy (non-hydrogen) atoms. The standard InChI is InChI=1S/C31H21OSi/c33-32-31(28-16-13-22-7-1-4-10-25(22)19-28,29-17-14-23-8-2-5-11-26(23)20-29)30-18-15-24-9-3-6-12-27(24)21-30/h1-21H. The number of hydrogen-bond donors (Lipinski definition) is 0. The SMILES string of the molecule is [Si]OC(c1ccc2ccccc2c1)(c1ccc2ccccc2c1)c1ccc2ccccc2c1. The van der Waals surface area contributed by atoms with Gasteiger partial charge in [0.15, 0.2) is 0 Å². The van der Waals surface area contributed by atoms with Crippen LogP contribution in [0.2, 0.25) is 0 Å². The minimum atomic E-state index is -0.824. The molecule has 0 unspecified atom stereocenters. The van der Waals surface area contributed by atoms with Crippen molar-refractivity contribution in [3.63, 3.8) is 0 Å². The Morgan fingerprint density at radius 3 is 1.00 bits per heavy atom. The van der Waals surface area contributed by atoms with Crippen LogP contribution in [0.3, 0.4) is 0 Å². The molecule has 0 bridgehead atoms. The van der Waals surface area contributed by atoms with Gasteiger partial charge in [0.05, 0.1) is 0 Å². The molecule has 0 N–H and O–H groups in total. The maximum atomic E-state index is 6.35. The summed E-state index contributed by atoms with van der Waals surface area (Å²) in [6, 6.07) is 45.1. The van der Waals surface area contributed by atoms with E-state index in [1.165, 1.54) is 32.3 Å². The van der Waals surface area contributed by atoms with Gasteiger partial charge in [-0.15, -0.1) is 0 Å². The molecule has 2 heteroatoms. The van der Waals surface area contributed by atoms with Gasteiger partial charge in [-0.3, -0.25) is 0 Å². The van der Waals surface area contributed by atoms with E-state index in [0.717, 1.165) is 16.7 Å². The van der Waals surface area contributed by atoms with Crippen molar-refractivity contribution in [1.82, 2.24) is 0 Å². The van der Waals surface area contributed by atoms with Crippen molar-refractivity contribution in [2.45, 2.75) is 5.60 Å². The van der Waals surface area contributed by atoms with E-state index in [1.54, 1.807) is 0 Å². The third-order valence-electron chi connectivity index (χ3n) is 6.62. The van der Waals surface area contributed by atoms with E-state index < -0.39 is 5.60 Å². The molecule has 0 spiro atoms. The zero-order chi connectivity index (χ0) is 22.3. The first-order valence-corrected chi connectivity index (χ1v) is 11.5. The number of fused-ring (bicyclic) bond motifs is 3. The normalized spacial score (nSPS) is 11.9. The van der Waals surface area contributed by atoms with Crippen LogP contribution in [0.1, 0.15) is 16.7 Å². The van der Waals surface area contributed by atoms with Gasteiger partial charge in [-0.05, 0) is 67.2 Å². The summed E-state index contributed by atoms with van der Waals surface area (Å²) in [6.45, 7) is 0. The van der Waals surface area contributed by atoms with Crippen molar-refractivity contribution in [2.24, 2.45) is 0 Å². The highest BCUT2D eigenvalue weighted by Crippen LogP contribution is 2.42. The Labute approximate surface area is 196 Å². The van der Waals surface area contributed by atoms with Crippen LogP contribution < -0.4 is 0 Å². The third-order valence-corrected chi connectivity index (χ3v) is 6.93. The van der Waals surface area contributed by atoms with Crippen molar-refractivity contribution in [3.05, 3.63) is 144 Å². The predicted molar refractivity (Wildman–Crippen MR) is 139 cm³/mol. The summed E-state index contributed by atoms with van der Waals surface area (Å²) in [5, 5.41) is 7.18. The average molecular weight is 438 g/mol. The summed E-state index contributed by atoms with van der Waals surface area (Å²) in [5.74, 6) is 0. The van der Waals surface area contributed by atoms with Crippen molar-refractivity contribution in [3.8, 4) is 0 Å². The van der Waals surface area contributed by atoms with Crippen LogP contribution in [0, 0.1) is 0 Å². The first kappa shape index (κ1) is 19.9. The second-order valence-electron chi connectivity index (χ2n) is 8.47. The van der Waals surface area contributed by atoms with Crippen LogP contribution in [0.25, 0.3) is 32.3 Å². The molecule has 0 saturated heterocycles. The summed E-state index contributed by atoms with van der Waals surface area (Å²) in [5.41, 5.74) is 2.39. The number of benzene rings is 6. The molecule has 0 heterocycles. The fourth-order valence-corrected chi connectivity index (χ4v) is 5.26. The van der Waals surface area contributed by atoms with Gasteiger partial charge in [0, 0.05) is 0 Å². The highest BCUT2D eigenvalue weighted by atomic mass is 28.2. The van der Waals surface area contributed by atoms with Crippen LogP contribution in [-0.4, -0.2) is 10.5 Å². The maximum Gasteiger partial charge on any atom is 0.248 e. The second kappa shape index (κ2) is 8.00. The maximum absolute atomic E-state index is 6.35. The fraction of sp³-hybridized carbons (Fsp3) is 0.0323. The Kier molecular flexibility index (Phi) is 4.83. The number of rotatable bonds is 4. The van der Waals surface area contributed by atoms with E-state index >= 15 is 0 Å². The summed E-state index contributed by atoms with van der Waals surface area (Å²) < 4.78 is 6.35. The fourth-order valence-electron chi connectivity index (χ4n) is 4.90. The van der Waals surface area contributed by atoms with Gasteiger partial charge in [0.2, 0.25) is 10.5 Å². The molecule has 6 aromatic carbocycles. The summed E-state index contributed by atoms with van der Waals surface area (Å²) in [4.78, 5) is 0. The van der Waals surface area contributed by atoms with E-state index in [2.05, 4.69) is 138 Å². The summed E-state index contributed by atoms with van der Waals surface area (Å²) >= 11 is 0. The number of hydrogen-bond acceptors (Lipinski definition) is 1. The van der Waals surface area contributed by atoms with E-state index in [-0.39, 0.29) is 0 Å². The molecule has 6 rings (SSSR count). The predicted octanol–water partition coefficient (Wildman–Crippen LogP) is 7.54. The first-order valence-electron chi connectivity index (χ1n) is 11.1. The van der Waals surface area contributed by atoms with E-state index in [0.29, 0.717) is 0 Å². The van der Waals surface area contributed by atoms with Crippen molar-refractivity contribution in [1.29, 1.82) is 0 Å². The molecule has 0 amide bonds. The van der Waals surface area contributed by atoms with E-state index in [1.807, 2.05) is 0 Å². The topological polar surface area (TPSA) is 9.23 Å². The lowest BCUT2D eigenvalue weighted by atomic mass is 9.78. The molecule has 0 fully saturated rings.